The number of ether oxygens (including phenoxy) is 2. The molecule has 7 nitrogen and oxygen atoms in total. The van der Waals surface area contributed by atoms with Crippen LogP contribution in [0.5, 0.6) is 11.5 Å². The van der Waals surface area contributed by atoms with Crippen LogP contribution in [0.4, 0.5) is 4.79 Å². The standard InChI is InChI=1S/C13H16N2O5/c1-8(12(17)15-13(18)14-2)20-11-5-4-10(19-3)6-9(11)7-16/h4-8H,1-3H3,(H2,14,15,17,18)/t8-/m0/s1. The fourth-order valence-corrected chi connectivity index (χ4v) is 1.37. The molecule has 1 atom stereocenters. The molecule has 1 aromatic carbocycles. The third kappa shape index (κ3) is 3.98. The summed E-state index contributed by atoms with van der Waals surface area (Å²) in [4.78, 5) is 33.6. The summed E-state index contributed by atoms with van der Waals surface area (Å²) in [5.74, 6) is 0.124. The van der Waals surface area contributed by atoms with Crippen LogP contribution in [0.2, 0.25) is 0 Å². The van der Waals surface area contributed by atoms with Gasteiger partial charge < -0.3 is 14.8 Å². The Balaban J connectivity index is 2.79. The van der Waals surface area contributed by atoms with Crippen LogP contribution < -0.4 is 20.1 Å². The van der Waals surface area contributed by atoms with E-state index in [2.05, 4.69) is 10.6 Å². The third-order valence-electron chi connectivity index (χ3n) is 2.48. The molecule has 0 radical (unpaired) electrons. The molecule has 20 heavy (non-hydrogen) atoms. The SMILES string of the molecule is CNC(=O)NC(=O)[C@H](C)Oc1ccc(OC)cc1C=O. The third-order valence-corrected chi connectivity index (χ3v) is 2.48. The number of carbonyl (C=O) groups excluding carboxylic acids is 3. The molecule has 0 heterocycles. The van der Waals surface area contributed by atoms with Gasteiger partial charge in [-0.2, -0.15) is 0 Å². The predicted octanol–water partition coefficient (Wildman–Crippen LogP) is 0.731. The Morgan fingerprint density at radius 2 is 2.05 bits per heavy atom. The topological polar surface area (TPSA) is 93.7 Å². The zero-order valence-electron chi connectivity index (χ0n) is 11.4. The fraction of sp³-hybridized carbons (Fsp3) is 0.308. The summed E-state index contributed by atoms with van der Waals surface area (Å²) < 4.78 is 10.3. The maximum absolute atomic E-state index is 11.6. The quantitative estimate of drug-likeness (QED) is 0.775. The van der Waals surface area contributed by atoms with Crippen molar-refractivity contribution in [1.29, 1.82) is 0 Å². The summed E-state index contributed by atoms with van der Waals surface area (Å²) in [7, 11) is 2.87. The number of imide groups is 1. The van der Waals surface area contributed by atoms with Crippen LogP contribution in [0.25, 0.3) is 0 Å². The first-order valence-electron chi connectivity index (χ1n) is 5.84. The summed E-state index contributed by atoms with van der Waals surface area (Å²) in [6, 6.07) is 3.99. The number of amides is 3. The van der Waals surface area contributed by atoms with Gasteiger partial charge in [-0.05, 0) is 25.1 Å². The van der Waals surface area contributed by atoms with E-state index in [1.807, 2.05) is 0 Å². The van der Waals surface area contributed by atoms with Crippen molar-refractivity contribution in [2.24, 2.45) is 0 Å². The van der Waals surface area contributed by atoms with E-state index in [0.717, 1.165) is 0 Å². The van der Waals surface area contributed by atoms with Crippen molar-refractivity contribution in [2.45, 2.75) is 13.0 Å². The summed E-state index contributed by atoms with van der Waals surface area (Å²) in [6.07, 6.45) is -0.333. The maximum atomic E-state index is 11.6. The smallest absolute Gasteiger partial charge is 0.321 e. The predicted molar refractivity (Wildman–Crippen MR) is 71.1 cm³/mol. The molecule has 0 unspecified atom stereocenters. The molecule has 0 aliphatic rings. The number of rotatable bonds is 5. The van der Waals surface area contributed by atoms with E-state index in [4.69, 9.17) is 9.47 Å². The molecular weight excluding hydrogens is 264 g/mol. The van der Waals surface area contributed by atoms with Crippen molar-refractivity contribution in [3.63, 3.8) is 0 Å². The molecule has 7 heteroatoms. The molecule has 108 valence electrons. The van der Waals surface area contributed by atoms with Crippen molar-refractivity contribution >= 4 is 18.2 Å². The minimum absolute atomic E-state index is 0.236. The Labute approximate surface area is 116 Å². The maximum Gasteiger partial charge on any atom is 0.321 e. The van der Waals surface area contributed by atoms with Gasteiger partial charge in [0.05, 0.1) is 12.7 Å². The Bertz CT molecular complexity index is 515. The Kier molecular flexibility index (Phi) is 5.52. The summed E-state index contributed by atoms with van der Waals surface area (Å²) in [6.45, 7) is 1.47. The number of hydrogen-bond acceptors (Lipinski definition) is 5. The van der Waals surface area contributed by atoms with Gasteiger partial charge in [-0.1, -0.05) is 0 Å². The number of aldehydes is 1. The van der Waals surface area contributed by atoms with Crippen LogP contribution in [0.15, 0.2) is 18.2 Å². The first-order valence-corrected chi connectivity index (χ1v) is 5.84. The fourth-order valence-electron chi connectivity index (χ4n) is 1.37. The van der Waals surface area contributed by atoms with E-state index in [1.54, 1.807) is 6.07 Å². The van der Waals surface area contributed by atoms with E-state index >= 15 is 0 Å². The first kappa shape index (κ1) is 15.5. The molecule has 0 fully saturated rings. The average molecular weight is 280 g/mol. The second-order valence-electron chi connectivity index (χ2n) is 3.85. The minimum Gasteiger partial charge on any atom is -0.497 e. The van der Waals surface area contributed by atoms with Crippen LogP contribution in [0.1, 0.15) is 17.3 Å². The van der Waals surface area contributed by atoms with E-state index in [1.165, 1.54) is 33.2 Å². The molecule has 0 saturated carbocycles. The first-order chi connectivity index (χ1) is 9.51. The number of hydrogen-bond donors (Lipinski definition) is 2. The lowest BCUT2D eigenvalue weighted by atomic mass is 10.2. The largest absolute Gasteiger partial charge is 0.497 e. The van der Waals surface area contributed by atoms with Gasteiger partial charge in [-0.25, -0.2) is 4.79 Å². The Morgan fingerprint density at radius 3 is 2.60 bits per heavy atom. The highest BCUT2D eigenvalue weighted by atomic mass is 16.5. The van der Waals surface area contributed by atoms with Gasteiger partial charge >= 0.3 is 6.03 Å². The van der Waals surface area contributed by atoms with E-state index in [0.29, 0.717) is 12.0 Å². The van der Waals surface area contributed by atoms with Crippen molar-refractivity contribution in [2.75, 3.05) is 14.2 Å². The van der Waals surface area contributed by atoms with Crippen molar-refractivity contribution in [3.8, 4) is 11.5 Å². The van der Waals surface area contributed by atoms with Gasteiger partial charge in [-0.15, -0.1) is 0 Å². The molecule has 1 aromatic rings. The molecule has 0 aliphatic carbocycles. The molecule has 3 amide bonds. The molecular formula is C13H16N2O5. The van der Waals surface area contributed by atoms with Crippen molar-refractivity contribution < 1.29 is 23.9 Å². The number of urea groups is 1. The van der Waals surface area contributed by atoms with Crippen LogP contribution >= 0.6 is 0 Å². The van der Waals surface area contributed by atoms with Crippen LogP contribution in [0.3, 0.4) is 0 Å². The average Bonchev–Trinajstić information content (AvgIpc) is 2.47. The number of methoxy groups -OCH3 is 1. The van der Waals surface area contributed by atoms with Gasteiger partial charge in [0.25, 0.3) is 5.91 Å². The zero-order chi connectivity index (χ0) is 15.1. The Morgan fingerprint density at radius 1 is 1.35 bits per heavy atom. The zero-order valence-corrected chi connectivity index (χ0v) is 11.4. The molecule has 0 saturated heterocycles. The lowest BCUT2D eigenvalue weighted by Crippen LogP contribution is -2.44. The van der Waals surface area contributed by atoms with E-state index in [-0.39, 0.29) is 11.3 Å². The van der Waals surface area contributed by atoms with Crippen LogP contribution in [0, 0.1) is 0 Å². The molecule has 0 aromatic heterocycles. The molecule has 0 aliphatic heterocycles. The second-order valence-corrected chi connectivity index (χ2v) is 3.85. The highest BCUT2D eigenvalue weighted by Gasteiger charge is 2.18. The van der Waals surface area contributed by atoms with Gasteiger partial charge in [0.1, 0.15) is 11.5 Å². The van der Waals surface area contributed by atoms with Crippen LogP contribution in [-0.4, -0.2) is 38.5 Å². The highest BCUT2D eigenvalue weighted by molar-refractivity contribution is 5.96. The van der Waals surface area contributed by atoms with Crippen molar-refractivity contribution in [3.05, 3.63) is 23.8 Å². The lowest BCUT2D eigenvalue weighted by molar-refractivity contribution is -0.126. The number of nitrogens with one attached hydrogen (secondary N) is 2. The molecule has 0 bridgehead atoms. The number of benzene rings is 1. The molecule has 1 rings (SSSR count). The minimum atomic E-state index is -0.931. The van der Waals surface area contributed by atoms with Gasteiger partial charge in [0.2, 0.25) is 0 Å². The summed E-state index contributed by atoms with van der Waals surface area (Å²) in [5, 5.41) is 4.34. The lowest BCUT2D eigenvalue weighted by Gasteiger charge is -2.15. The van der Waals surface area contributed by atoms with Crippen LogP contribution in [-0.2, 0) is 4.79 Å². The van der Waals surface area contributed by atoms with Gasteiger partial charge in [0.15, 0.2) is 12.4 Å². The Hall–Kier alpha value is -2.57. The number of carbonyl (C=O) groups is 3. The summed E-state index contributed by atoms with van der Waals surface area (Å²) in [5.41, 5.74) is 0.254. The van der Waals surface area contributed by atoms with E-state index in [9.17, 15) is 14.4 Å². The van der Waals surface area contributed by atoms with Gasteiger partial charge in [-0.3, -0.25) is 14.9 Å². The van der Waals surface area contributed by atoms with Gasteiger partial charge in [0, 0.05) is 7.05 Å². The molecule has 2 N–H and O–H groups in total. The highest BCUT2D eigenvalue weighted by Crippen LogP contribution is 2.23. The molecule has 0 spiro atoms. The summed E-state index contributed by atoms with van der Waals surface area (Å²) >= 11 is 0. The van der Waals surface area contributed by atoms with Crippen molar-refractivity contribution in [1.82, 2.24) is 10.6 Å². The second kappa shape index (κ2) is 7.13. The van der Waals surface area contributed by atoms with E-state index < -0.39 is 18.0 Å². The monoisotopic (exact) mass is 280 g/mol. The normalized spacial score (nSPS) is 11.2.